The number of aryl methyl sites for hydroxylation is 1. The van der Waals surface area contributed by atoms with Crippen LogP contribution in [0.25, 0.3) is 10.8 Å². The Morgan fingerprint density at radius 1 is 1.20 bits per heavy atom. The molecule has 3 rings (SSSR count). The topological polar surface area (TPSA) is 38.1 Å². The minimum absolute atomic E-state index is 0.769. The van der Waals surface area contributed by atoms with Crippen LogP contribution in [0.3, 0.4) is 0 Å². The molecule has 0 radical (unpaired) electrons. The molecule has 2 aromatic heterocycles. The van der Waals surface area contributed by atoms with E-state index in [0.29, 0.717) is 0 Å². The van der Waals surface area contributed by atoms with Crippen molar-refractivity contribution in [3.63, 3.8) is 0 Å². The summed E-state index contributed by atoms with van der Waals surface area (Å²) in [6.07, 6.45) is 1.67. The van der Waals surface area contributed by atoms with Gasteiger partial charge in [0.25, 0.3) is 0 Å². The van der Waals surface area contributed by atoms with E-state index in [1.165, 1.54) is 11.1 Å². The van der Waals surface area contributed by atoms with E-state index in [1.54, 1.807) is 17.6 Å². The van der Waals surface area contributed by atoms with E-state index in [0.717, 1.165) is 29.6 Å². The van der Waals surface area contributed by atoms with Gasteiger partial charge >= 0.3 is 0 Å². The Bertz CT molecular complexity index is 673. The molecule has 1 N–H and O–H groups in total. The maximum atomic E-state index is 5.35. The van der Waals surface area contributed by atoms with Crippen LogP contribution in [0.4, 0.5) is 0 Å². The summed E-state index contributed by atoms with van der Waals surface area (Å²) < 4.78 is 5.35. The fourth-order valence-corrected chi connectivity index (χ4v) is 2.84. The molecule has 3 nitrogen and oxygen atoms in total. The zero-order valence-electron chi connectivity index (χ0n) is 11.3. The molecule has 1 aromatic carbocycles. The van der Waals surface area contributed by atoms with Crippen molar-refractivity contribution < 1.29 is 4.42 Å². The molecular weight excluding hydrogens is 268 g/mol. The summed E-state index contributed by atoms with van der Waals surface area (Å²) in [5.41, 5.74) is 3.64. The van der Waals surface area contributed by atoms with Crippen molar-refractivity contribution in [2.75, 3.05) is 0 Å². The summed E-state index contributed by atoms with van der Waals surface area (Å²) >= 11 is 1.61. The smallest absolute Gasteiger partial charge is 0.162 e. The predicted octanol–water partition coefficient (Wildman–Crippen LogP) is 4.00. The van der Waals surface area contributed by atoms with Crippen LogP contribution in [0.1, 0.15) is 16.8 Å². The maximum absolute atomic E-state index is 5.35. The Balaban J connectivity index is 1.57. The van der Waals surface area contributed by atoms with E-state index < -0.39 is 0 Å². The number of benzene rings is 1. The van der Waals surface area contributed by atoms with Crippen LogP contribution < -0.4 is 5.32 Å². The molecule has 0 aliphatic rings. The minimum atomic E-state index is 0.769. The molecule has 0 fully saturated rings. The van der Waals surface area contributed by atoms with Gasteiger partial charge in [0.2, 0.25) is 0 Å². The summed E-state index contributed by atoms with van der Waals surface area (Å²) in [6.45, 7) is 3.74. The highest BCUT2D eigenvalue weighted by Gasteiger charge is 2.06. The van der Waals surface area contributed by atoms with E-state index in [4.69, 9.17) is 4.42 Å². The Morgan fingerprint density at radius 3 is 2.95 bits per heavy atom. The van der Waals surface area contributed by atoms with E-state index in [-0.39, 0.29) is 0 Å². The average molecular weight is 284 g/mol. The second-order valence-electron chi connectivity index (χ2n) is 4.71. The van der Waals surface area contributed by atoms with Gasteiger partial charge in [0.05, 0.1) is 12.0 Å². The molecule has 0 amide bonds. The molecule has 0 bridgehead atoms. The summed E-state index contributed by atoms with van der Waals surface area (Å²) in [4.78, 5) is 4.56. The number of nitrogens with zero attached hydrogens (tertiary/aromatic N) is 1. The lowest BCUT2D eigenvalue weighted by Gasteiger charge is -2.03. The van der Waals surface area contributed by atoms with Gasteiger partial charge < -0.3 is 9.73 Å². The van der Waals surface area contributed by atoms with Crippen LogP contribution in [-0.2, 0) is 13.1 Å². The van der Waals surface area contributed by atoms with Crippen molar-refractivity contribution in [3.8, 4) is 10.8 Å². The van der Waals surface area contributed by atoms with Crippen molar-refractivity contribution in [1.82, 2.24) is 10.3 Å². The lowest BCUT2D eigenvalue weighted by molar-refractivity contribution is 0.581. The molecule has 0 unspecified atom stereocenters. The molecule has 0 spiro atoms. The number of thiazole rings is 1. The first kappa shape index (κ1) is 13.1. The average Bonchev–Trinajstić information content (AvgIpc) is 3.09. The first-order valence-electron chi connectivity index (χ1n) is 6.56. The second kappa shape index (κ2) is 6.03. The van der Waals surface area contributed by atoms with Crippen LogP contribution >= 0.6 is 11.3 Å². The van der Waals surface area contributed by atoms with Gasteiger partial charge in [-0.3, -0.25) is 0 Å². The van der Waals surface area contributed by atoms with Crippen molar-refractivity contribution in [2.45, 2.75) is 20.0 Å². The summed E-state index contributed by atoms with van der Waals surface area (Å²) in [5.74, 6) is 0.833. The molecule has 4 heteroatoms. The number of rotatable bonds is 5. The zero-order chi connectivity index (χ0) is 13.8. The number of furan rings is 1. The summed E-state index contributed by atoms with van der Waals surface area (Å²) in [7, 11) is 0. The van der Waals surface area contributed by atoms with Gasteiger partial charge in [0.1, 0.15) is 0 Å². The Hall–Kier alpha value is -1.91. The summed E-state index contributed by atoms with van der Waals surface area (Å²) in [5, 5.41) is 6.42. The van der Waals surface area contributed by atoms with Crippen LogP contribution in [0, 0.1) is 6.92 Å². The maximum Gasteiger partial charge on any atom is 0.162 e. The molecule has 0 saturated heterocycles. The molecule has 0 saturated carbocycles. The number of nitrogens with one attached hydrogen (secondary N) is 1. The van der Waals surface area contributed by atoms with Gasteiger partial charge in [-0.05, 0) is 24.6 Å². The first-order chi connectivity index (χ1) is 9.81. The fourth-order valence-electron chi connectivity index (χ4n) is 2.06. The lowest BCUT2D eigenvalue weighted by atomic mass is 10.1. The molecule has 3 aromatic rings. The predicted molar refractivity (Wildman–Crippen MR) is 81.5 cm³/mol. The Morgan fingerprint density at radius 2 is 2.15 bits per heavy atom. The van der Waals surface area contributed by atoms with E-state index in [9.17, 15) is 0 Å². The van der Waals surface area contributed by atoms with Gasteiger partial charge in [0, 0.05) is 18.5 Å². The SMILES string of the molecule is Cc1cccc(CNCc2csc(-c3ccco3)n2)c1. The van der Waals surface area contributed by atoms with Crippen molar-refractivity contribution >= 4 is 11.3 Å². The van der Waals surface area contributed by atoms with Crippen LogP contribution in [0.2, 0.25) is 0 Å². The molecule has 2 heterocycles. The quantitative estimate of drug-likeness (QED) is 0.769. The Kier molecular flexibility index (Phi) is 3.95. The fraction of sp³-hybridized carbons (Fsp3) is 0.188. The second-order valence-corrected chi connectivity index (χ2v) is 5.57. The van der Waals surface area contributed by atoms with Crippen molar-refractivity contribution in [3.05, 3.63) is 64.9 Å². The molecule has 0 aliphatic heterocycles. The first-order valence-corrected chi connectivity index (χ1v) is 7.44. The van der Waals surface area contributed by atoms with E-state index in [2.05, 4.69) is 46.9 Å². The highest BCUT2D eigenvalue weighted by molar-refractivity contribution is 7.13. The van der Waals surface area contributed by atoms with Crippen molar-refractivity contribution in [2.24, 2.45) is 0 Å². The third kappa shape index (κ3) is 3.15. The molecule has 102 valence electrons. The van der Waals surface area contributed by atoms with Crippen LogP contribution in [-0.4, -0.2) is 4.98 Å². The number of aromatic nitrogens is 1. The van der Waals surface area contributed by atoms with Gasteiger partial charge in [-0.1, -0.05) is 29.8 Å². The van der Waals surface area contributed by atoms with Gasteiger partial charge in [-0.25, -0.2) is 4.98 Å². The molecular formula is C16H16N2OS. The summed E-state index contributed by atoms with van der Waals surface area (Å²) in [6, 6.07) is 12.3. The Labute approximate surface area is 122 Å². The number of hydrogen-bond donors (Lipinski definition) is 1. The molecule has 20 heavy (non-hydrogen) atoms. The monoisotopic (exact) mass is 284 g/mol. The number of hydrogen-bond acceptors (Lipinski definition) is 4. The van der Waals surface area contributed by atoms with Gasteiger partial charge in [-0.15, -0.1) is 11.3 Å². The molecule has 0 atom stereocenters. The molecule has 0 aliphatic carbocycles. The largest absolute Gasteiger partial charge is 0.462 e. The highest BCUT2D eigenvalue weighted by Crippen LogP contribution is 2.23. The van der Waals surface area contributed by atoms with Crippen molar-refractivity contribution in [1.29, 1.82) is 0 Å². The normalized spacial score (nSPS) is 10.8. The highest BCUT2D eigenvalue weighted by atomic mass is 32.1. The van der Waals surface area contributed by atoms with Crippen LogP contribution in [0.15, 0.2) is 52.5 Å². The van der Waals surface area contributed by atoms with E-state index >= 15 is 0 Å². The lowest BCUT2D eigenvalue weighted by Crippen LogP contribution is -2.12. The third-order valence-corrected chi connectivity index (χ3v) is 3.91. The minimum Gasteiger partial charge on any atom is -0.462 e. The van der Waals surface area contributed by atoms with E-state index in [1.807, 2.05) is 12.1 Å². The van der Waals surface area contributed by atoms with Crippen LogP contribution in [0.5, 0.6) is 0 Å². The zero-order valence-corrected chi connectivity index (χ0v) is 12.1. The third-order valence-electron chi connectivity index (χ3n) is 3.00. The standard InChI is InChI=1S/C16H16N2OS/c1-12-4-2-5-13(8-12)9-17-10-14-11-20-16(18-14)15-6-3-7-19-15/h2-8,11,17H,9-10H2,1H3. The van der Waals surface area contributed by atoms with Gasteiger partial charge in [0.15, 0.2) is 10.8 Å². The van der Waals surface area contributed by atoms with Gasteiger partial charge in [-0.2, -0.15) is 0 Å².